The Morgan fingerprint density at radius 1 is 1.28 bits per heavy atom. The molecule has 2 aromatic heterocycles. The number of rotatable bonds is 5. The molecule has 7 nitrogen and oxygen atoms in total. The first-order chi connectivity index (χ1) is 13.9. The van der Waals surface area contributed by atoms with Crippen LogP contribution in [0.25, 0.3) is 11.3 Å². The third-order valence-corrected chi connectivity index (χ3v) is 7.31. The molecule has 4 rings (SSSR count). The van der Waals surface area contributed by atoms with Crippen LogP contribution in [0.1, 0.15) is 44.0 Å². The Bertz CT molecular complexity index is 906. The van der Waals surface area contributed by atoms with Gasteiger partial charge in [-0.3, -0.25) is 0 Å². The maximum Gasteiger partial charge on any atom is 0.170 e. The van der Waals surface area contributed by atoms with Crippen LogP contribution in [0.5, 0.6) is 0 Å². The van der Waals surface area contributed by atoms with Gasteiger partial charge in [0, 0.05) is 24.7 Å². The number of anilines is 1. The van der Waals surface area contributed by atoms with Crippen molar-refractivity contribution < 1.29 is 5.11 Å². The molecule has 156 valence electrons. The zero-order valence-electron chi connectivity index (χ0n) is 16.7. The van der Waals surface area contributed by atoms with E-state index in [1.165, 1.54) is 19.0 Å². The van der Waals surface area contributed by atoms with Crippen molar-refractivity contribution in [1.82, 2.24) is 20.2 Å². The van der Waals surface area contributed by atoms with Gasteiger partial charge < -0.3 is 15.7 Å². The van der Waals surface area contributed by atoms with Crippen LogP contribution in [0.4, 0.5) is 5.82 Å². The molecule has 3 heterocycles. The Balaban J connectivity index is 1.64. The molecule has 2 aliphatic rings. The van der Waals surface area contributed by atoms with Crippen LogP contribution >= 0.6 is 23.2 Å². The van der Waals surface area contributed by atoms with E-state index in [1.54, 1.807) is 0 Å². The number of hydrogen-bond acceptors (Lipinski definition) is 7. The molecule has 2 fully saturated rings. The Kier molecular flexibility index (Phi) is 5.68. The molecule has 1 atom stereocenters. The lowest BCUT2D eigenvalue weighted by molar-refractivity contribution is 0.142. The second-order valence-electron chi connectivity index (χ2n) is 8.23. The van der Waals surface area contributed by atoms with Gasteiger partial charge in [-0.15, -0.1) is 5.10 Å². The van der Waals surface area contributed by atoms with E-state index >= 15 is 0 Å². The zero-order valence-corrected chi connectivity index (χ0v) is 18.2. The summed E-state index contributed by atoms with van der Waals surface area (Å²) in [5, 5.41) is 18.0. The predicted molar refractivity (Wildman–Crippen MR) is 114 cm³/mol. The number of aliphatic hydroxyl groups excluding tert-OH is 1. The van der Waals surface area contributed by atoms with Crippen molar-refractivity contribution in [2.75, 3.05) is 18.0 Å². The quantitative estimate of drug-likeness (QED) is 0.740. The first kappa shape index (κ1) is 20.7. The second kappa shape index (κ2) is 7.95. The third kappa shape index (κ3) is 3.69. The van der Waals surface area contributed by atoms with Gasteiger partial charge in [0.05, 0.1) is 29.2 Å². The topological polar surface area (TPSA) is 101 Å². The highest BCUT2D eigenvalue weighted by Crippen LogP contribution is 2.53. The molecule has 0 amide bonds. The molecule has 0 unspecified atom stereocenters. The maximum atomic E-state index is 9.99. The smallest absolute Gasteiger partial charge is 0.170 e. The van der Waals surface area contributed by atoms with Gasteiger partial charge in [0.1, 0.15) is 5.69 Å². The lowest BCUT2D eigenvalue weighted by Gasteiger charge is -2.45. The molecule has 3 N–H and O–H groups in total. The fourth-order valence-electron chi connectivity index (χ4n) is 4.70. The van der Waals surface area contributed by atoms with Crippen LogP contribution in [0.3, 0.4) is 0 Å². The summed E-state index contributed by atoms with van der Waals surface area (Å²) >= 11 is 12.3. The molecular weight excluding hydrogens is 411 g/mol. The first-order valence-electron chi connectivity index (χ1n) is 10.0. The minimum Gasteiger partial charge on any atom is -0.390 e. The predicted octanol–water partition coefficient (Wildman–Crippen LogP) is 3.38. The van der Waals surface area contributed by atoms with E-state index in [1.807, 2.05) is 6.92 Å². The molecule has 1 aliphatic heterocycles. The fourth-order valence-corrected chi connectivity index (χ4v) is 5.02. The fraction of sp³-hybridized carbons (Fsp3) is 0.600. The lowest BCUT2D eigenvalue weighted by Crippen LogP contribution is -2.50. The van der Waals surface area contributed by atoms with E-state index in [0.717, 1.165) is 37.7 Å². The summed E-state index contributed by atoms with van der Waals surface area (Å²) in [4.78, 5) is 11.7. The molecular formula is C20H26Cl2N6O. The van der Waals surface area contributed by atoms with Gasteiger partial charge in [0.2, 0.25) is 0 Å². The molecule has 1 aliphatic carbocycles. The molecule has 29 heavy (non-hydrogen) atoms. The van der Waals surface area contributed by atoms with Gasteiger partial charge in [-0.1, -0.05) is 23.2 Å². The van der Waals surface area contributed by atoms with Crippen LogP contribution in [0.15, 0.2) is 6.20 Å². The van der Waals surface area contributed by atoms with Crippen molar-refractivity contribution in [3.8, 4) is 11.3 Å². The van der Waals surface area contributed by atoms with Crippen LogP contribution in [-0.4, -0.2) is 44.4 Å². The van der Waals surface area contributed by atoms with E-state index < -0.39 is 0 Å². The number of nitrogens with zero attached hydrogens (tertiary/aromatic N) is 5. The summed E-state index contributed by atoms with van der Waals surface area (Å²) < 4.78 is 0. The highest BCUT2D eigenvalue weighted by Gasteiger charge is 2.49. The van der Waals surface area contributed by atoms with Gasteiger partial charge in [-0.2, -0.15) is 5.10 Å². The molecule has 0 spiro atoms. The molecule has 1 saturated heterocycles. The van der Waals surface area contributed by atoms with Crippen molar-refractivity contribution in [2.45, 2.75) is 52.2 Å². The van der Waals surface area contributed by atoms with Crippen molar-refractivity contribution in [3.05, 3.63) is 27.8 Å². The normalized spacial score (nSPS) is 20.0. The Hall–Kier alpha value is -1.54. The van der Waals surface area contributed by atoms with Crippen molar-refractivity contribution in [1.29, 1.82) is 0 Å². The average molecular weight is 437 g/mol. The number of hydrogen-bond donors (Lipinski definition) is 2. The maximum absolute atomic E-state index is 9.99. The van der Waals surface area contributed by atoms with E-state index in [9.17, 15) is 5.11 Å². The van der Waals surface area contributed by atoms with Crippen LogP contribution in [-0.2, 0) is 6.61 Å². The summed E-state index contributed by atoms with van der Waals surface area (Å²) in [6.07, 6.45) is 6.18. The van der Waals surface area contributed by atoms with Crippen LogP contribution in [0, 0.1) is 18.3 Å². The van der Waals surface area contributed by atoms with E-state index in [-0.39, 0.29) is 28.2 Å². The van der Waals surface area contributed by atoms with E-state index in [0.29, 0.717) is 22.6 Å². The number of piperidine rings is 1. The minimum atomic E-state index is -0.211. The van der Waals surface area contributed by atoms with Crippen molar-refractivity contribution >= 4 is 29.0 Å². The summed E-state index contributed by atoms with van der Waals surface area (Å²) in [6.45, 7) is 5.53. The lowest BCUT2D eigenvalue weighted by atomic mass is 9.69. The number of nitrogens with two attached hydrogens (primary N) is 1. The van der Waals surface area contributed by atoms with Crippen LogP contribution < -0.4 is 10.6 Å². The van der Waals surface area contributed by atoms with Crippen molar-refractivity contribution in [2.24, 2.45) is 17.1 Å². The average Bonchev–Trinajstić information content (AvgIpc) is 3.56. The Morgan fingerprint density at radius 3 is 2.55 bits per heavy atom. The zero-order chi connectivity index (χ0) is 20.8. The summed E-state index contributed by atoms with van der Waals surface area (Å²) in [5.74, 6) is 1.48. The Labute approximate surface area is 180 Å². The molecule has 0 aromatic carbocycles. The number of aryl methyl sites for hydroxylation is 1. The summed E-state index contributed by atoms with van der Waals surface area (Å²) in [6, 6.07) is 0.190. The molecule has 9 heteroatoms. The number of halogens is 2. The van der Waals surface area contributed by atoms with E-state index in [2.05, 4.69) is 27.0 Å². The van der Waals surface area contributed by atoms with Crippen molar-refractivity contribution in [3.63, 3.8) is 0 Å². The molecule has 0 radical (unpaired) electrons. The summed E-state index contributed by atoms with van der Waals surface area (Å²) in [7, 11) is 0. The molecule has 1 saturated carbocycles. The monoisotopic (exact) mass is 436 g/mol. The Morgan fingerprint density at radius 2 is 1.97 bits per heavy atom. The highest BCUT2D eigenvalue weighted by molar-refractivity contribution is 6.42. The van der Waals surface area contributed by atoms with Gasteiger partial charge >= 0.3 is 0 Å². The second-order valence-corrected chi connectivity index (χ2v) is 8.97. The summed E-state index contributed by atoms with van der Waals surface area (Å²) in [5.41, 5.74) is 8.96. The van der Waals surface area contributed by atoms with E-state index in [4.69, 9.17) is 33.9 Å². The number of aliphatic hydroxyl groups is 1. The van der Waals surface area contributed by atoms with Gasteiger partial charge in [0.15, 0.2) is 11.0 Å². The molecule has 2 aromatic rings. The highest BCUT2D eigenvalue weighted by atomic mass is 35.5. The SMILES string of the molecule is Cc1nc(N2CCC(C3CC3)([C@H](C)N)CC2)c(CO)nc1-c1cnnc(Cl)c1Cl. The standard InChI is InChI=1S/C20H26Cl2N6O/c1-11-17(14-9-24-27-18(22)16(14)21)26-15(10-29)19(25-11)28-7-5-20(6-8-28,12(2)23)13-3-4-13/h9,12-13,29H,3-8,10,23H2,1-2H3/t12-/m0/s1. The third-order valence-electron chi connectivity index (χ3n) is 6.57. The largest absolute Gasteiger partial charge is 0.390 e. The van der Waals surface area contributed by atoms with Crippen LogP contribution in [0.2, 0.25) is 10.2 Å². The van der Waals surface area contributed by atoms with Gasteiger partial charge in [-0.05, 0) is 50.9 Å². The van der Waals surface area contributed by atoms with Gasteiger partial charge in [-0.25, -0.2) is 9.97 Å². The first-order valence-corrected chi connectivity index (χ1v) is 10.8. The van der Waals surface area contributed by atoms with Gasteiger partial charge in [0.25, 0.3) is 0 Å². The molecule has 0 bridgehead atoms. The minimum absolute atomic E-state index is 0.114. The number of aromatic nitrogens is 4.